The van der Waals surface area contributed by atoms with Gasteiger partial charge in [-0.05, 0) is 18.9 Å². The van der Waals surface area contributed by atoms with Crippen molar-refractivity contribution >= 4 is 22.4 Å². The lowest BCUT2D eigenvalue weighted by Gasteiger charge is -2.20. The first-order valence-corrected chi connectivity index (χ1v) is 7.43. The smallest absolute Gasteiger partial charge is 0.213 e. The van der Waals surface area contributed by atoms with Crippen LogP contribution in [0, 0.1) is 0 Å². The molecular weight excluding hydrogens is 272 g/mol. The van der Waals surface area contributed by atoms with E-state index in [1.165, 1.54) is 4.31 Å². The van der Waals surface area contributed by atoms with Crippen molar-refractivity contribution in [3.8, 4) is 0 Å². The summed E-state index contributed by atoms with van der Waals surface area (Å²) in [5.74, 6) is 0.127. The maximum absolute atomic E-state index is 11.8. The van der Waals surface area contributed by atoms with Gasteiger partial charge in [-0.1, -0.05) is 30.3 Å². The Labute approximate surface area is 116 Å². The maximum atomic E-state index is 11.8. The van der Waals surface area contributed by atoms with E-state index in [9.17, 15) is 8.42 Å². The Bertz CT molecular complexity index is 423. The van der Waals surface area contributed by atoms with Gasteiger partial charge in [-0.3, -0.25) is 0 Å². The van der Waals surface area contributed by atoms with Gasteiger partial charge < -0.3 is 5.73 Å². The predicted molar refractivity (Wildman–Crippen MR) is 77.5 cm³/mol. The van der Waals surface area contributed by atoms with Crippen LogP contribution >= 0.6 is 12.4 Å². The molecule has 0 unspecified atom stereocenters. The highest BCUT2D eigenvalue weighted by Gasteiger charge is 2.18. The molecule has 0 saturated heterocycles. The SMILES string of the molecule is CCS(=O)(=O)N(CCN)CCc1ccccc1.Cl. The van der Waals surface area contributed by atoms with E-state index in [2.05, 4.69) is 0 Å². The van der Waals surface area contributed by atoms with Crippen molar-refractivity contribution in [3.05, 3.63) is 35.9 Å². The van der Waals surface area contributed by atoms with E-state index in [-0.39, 0.29) is 18.2 Å². The van der Waals surface area contributed by atoms with E-state index in [1.54, 1.807) is 6.92 Å². The Morgan fingerprint density at radius 1 is 1.17 bits per heavy atom. The van der Waals surface area contributed by atoms with E-state index in [0.29, 0.717) is 19.6 Å². The third-order valence-electron chi connectivity index (χ3n) is 2.63. The fourth-order valence-corrected chi connectivity index (χ4v) is 2.73. The molecule has 0 atom stereocenters. The van der Waals surface area contributed by atoms with Crippen LogP contribution in [-0.2, 0) is 16.4 Å². The van der Waals surface area contributed by atoms with Gasteiger partial charge >= 0.3 is 0 Å². The lowest BCUT2D eigenvalue weighted by Crippen LogP contribution is -2.37. The van der Waals surface area contributed by atoms with Gasteiger partial charge in [0.25, 0.3) is 0 Å². The van der Waals surface area contributed by atoms with Crippen molar-refractivity contribution in [2.45, 2.75) is 13.3 Å². The number of rotatable bonds is 7. The molecule has 1 aromatic carbocycles. The fourth-order valence-electron chi connectivity index (χ4n) is 1.62. The van der Waals surface area contributed by atoms with Crippen molar-refractivity contribution in [2.24, 2.45) is 5.73 Å². The summed E-state index contributed by atoms with van der Waals surface area (Å²) in [5, 5.41) is 0. The van der Waals surface area contributed by atoms with Gasteiger partial charge in [-0.15, -0.1) is 12.4 Å². The van der Waals surface area contributed by atoms with Gasteiger partial charge in [0.15, 0.2) is 0 Å². The molecule has 6 heteroatoms. The molecule has 0 radical (unpaired) electrons. The van der Waals surface area contributed by atoms with Crippen LogP contribution in [0.3, 0.4) is 0 Å². The lowest BCUT2D eigenvalue weighted by atomic mass is 10.1. The minimum absolute atomic E-state index is 0. The van der Waals surface area contributed by atoms with E-state index in [4.69, 9.17) is 5.73 Å². The molecular formula is C12H21ClN2O2S. The molecule has 0 aliphatic carbocycles. The van der Waals surface area contributed by atoms with Gasteiger partial charge in [-0.2, -0.15) is 0 Å². The zero-order chi connectivity index (χ0) is 12.7. The second-order valence-electron chi connectivity index (χ2n) is 3.82. The molecule has 104 valence electrons. The van der Waals surface area contributed by atoms with Gasteiger partial charge in [0.2, 0.25) is 10.0 Å². The minimum atomic E-state index is -3.14. The zero-order valence-electron chi connectivity index (χ0n) is 10.6. The fraction of sp³-hybridized carbons (Fsp3) is 0.500. The number of hydrogen-bond donors (Lipinski definition) is 1. The first kappa shape index (κ1) is 17.4. The Hall–Kier alpha value is -0.620. The highest BCUT2D eigenvalue weighted by molar-refractivity contribution is 7.89. The summed E-state index contributed by atoms with van der Waals surface area (Å²) in [4.78, 5) is 0. The van der Waals surface area contributed by atoms with Crippen LogP contribution in [-0.4, -0.2) is 38.1 Å². The summed E-state index contributed by atoms with van der Waals surface area (Å²) in [6, 6.07) is 9.86. The summed E-state index contributed by atoms with van der Waals surface area (Å²) < 4.78 is 25.0. The van der Waals surface area contributed by atoms with E-state index in [1.807, 2.05) is 30.3 Å². The van der Waals surface area contributed by atoms with Crippen LogP contribution in [0.15, 0.2) is 30.3 Å². The number of nitrogens with zero attached hydrogens (tertiary/aromatic N) is 1. The number of hydrogen-bond acceptors (Lipinski definition) is 3. The Morgan fingerprint density at radius 3 is 2.28 bits per heavy atom. The summed E-state index contributed by atoms with van der Waals surface area (Å²) >= 11 is 0. The molecule has 0 saturated carbocycles. The molecule has 1 rings (SSSR count). The van der Waals surface area contributed by atoms with E-state index in [0.717, 1.165) is 12.0 Å². The van der Waals surface area contributed by atoms with E-state index < -0.39 is 10.0 Å². The first-order valence-electron chi connectivity index (χ1n) is 5.82. The van der Waals surface area contributed by atoms with Crippen LogP contribution < -0.4 is 5.73 Å². The van der Waals surface area contributed by atoms with Crippen molar-refractivity contribution in [1.82, 2.24) is 4.31 Å². The average molecular weight is 293 g/mol. The zero-order valence-corrected chi connectivity index (χ0v) is 12.2. The maximum Gasteiger partial charge on any atom is 0.213 e. The number of nitrogens with two attached hydrogens (primary N) is 1. The molecule has 18 heavy (non-hydrogen) atoms. The Balaban J connectivity index is 0.00000289. The lowest BCUT2D eigenvalue weighted by molar-refractivity contribution is 0.422. The van der Waals surface area contributed by atoms with Gasteiger partial charge in [0.1, 0.15) is 0 Å². The minimum Gasteiger partial charge on any atom is -0.329 e. The van der Waals surface area contributed by atoms with Crippen molar-refractivity contribution in [2.75, 3.05) is 25.4 Å². The molecule has 1 aromatic rings. The monoisotopic (exact) mass is 292 g/mol. The second-order valence-corrected chi connectivity index (χ2v) is 6.08. The van der Waals surface area contributed by atoms with Crippen LogP contribution in [0.5, 0.6) is 0 Å². The second kappa shape index (κ2) is 8.48. The Kier molecular flexibility index (Phi) is 8.18. The summed E-state index contributed by atoms with van der Waals surface area (Å²) in [6.07, 6.45) is 0.722. The molecule has 4 nitrogen and oxygen atoms in total. The molecule has 0 heterocycles. The molecule has 0 fully saturated rings. The predicted octanol–water partition coefficient (Wildman–Crippen LogP) is 1.26. The van der Waals surface area contributed by atoms with Crippen LogP contribution in [0.4, 0.5) is 0 Å². The standard InChI is InChI=1S/C12H20N2O2S.ClH/c1-2-17(15,16)14(11-9-13)10-8-12-6-4-3-5-7-12;/h3-7H,2,8-11,13H2,1H3;1H. The van der Waals surface area contributed by atoms with Crippen molar-refractivity contribution in [1.29, 1.82) is 0 Å². The van der Waals surface area contributed by atoms with Crippen molar-refractivity contribution in [3.63, 3.8) is 0 Å². The third-order valence-corrected chi connectivity index (χ3v) is 4.51. The quantitative estimate of drug-likeness (QED) is 0.823. The summed E-state index contributed by atoms with van der Waals surface area (Å²) in [5.41, 5.74) is 6.58. The molecule has 0 bridgehead atoms. The van der Waals surface area contributed by atoms with Crippen LogP contribution in [0.25, 0.3) is 0 Å². The molecule has 0 aliphatic heterocycles. The van der Waals surface area contributed by atoms with Gasteiger partial charge in [-0.25, -0.2) is 12.7 Å². The largest absolute Gasteiger partial charge is 0.329 e. The summed E-state index contributed by atoms with van der Waals surface area (Å²) in [7, 11) is -3.14. The number of sulfonamides is 1. The van der Waals surface area contributed by atoms with Crippen molar-refractivity contribution < 1.29 is 8.42 Å². The molecule has 2 N–H and O–H groups in total. The normalized spacial score (nSPS) is 11.3. The molecule has 0 aliphatic rings. The molecule has 0 amide bonds. The highest BCUT2D eigenvalue weighted by atomic mass is 35.5. The third kappa shape index (κ3) is 5.35. The van der Waals surface area contributed by atoms with Gasteiger partial charge in [0.05, 0.1) is 5.75 Å². The van der Waals surface area contributed by atoms with Crippen LogP contribution in [0.2, 0.25) is 0 Å². The summed E-state index contributed by atoms with van der Waals surface area (Å²) in [6.45, 7) is 2.90. The number of benzene rings is 1. The van der Waals surface area contributed by atoms with E-state index >= 15 is 0 Å². The molecule has 0 aromatic heterocycles. The molecule has 0 spiro atoms. The first-order chi connectivity index (χ1) is 8.10. The topological polar surface area (TPSA) is 63.4 Å². The van der Waals surface area contributed by atoms with Crippen LogP contribution in [0.1, 0.15) is 12.5 Å². The Morgan fingerprint density at radius 2 is 1.78 bits per heavy atom. The highest BCUT2D eigenvalue weighted by Crippen LogP contribution is 2.05. The average Bonchev–Trinajstić information content (AvgIpc) is 2.35. The van der Waals surface area contributed by atoms with Gasteiger partial charge in [0, 0.05) is 19.6 Å². The number of halogens is 1.